The summed E-state index contributed by atoms with van der Waals surface area (Å²) in [6.07, 6.45) is 4.60. The Morgan fingerprint density at radius 2 is 1.88 bits per heavy atom. The molecule has 1 aliphatic carbocycles. The standard InChI is InChI=1S/C14H20O2/c1-16-14(9-5-6-10-14)13(15)11-12-7-3-2-4-8-12/h2-4,7-8,13,15H,5-6,9-11H2,1H3. The van der Waals surface area contributed by atoms with Gasteiger partial charge >= 0.3 is 0 Å². The number of hydrogen-bond acceptors (Lipinski definition) is 2. The van der Waals surface area contributed by atoms with E-state index in [0.717, 1.165) is 12.8 Å². The van der Waals surface area contributed by atoms with E-state index in [1.165, 1.54) is 18.4 Å². The van der Waals surface area contributed by atoms with Crippen molar-refractivity contribution < 1.29 is 9.84 Å². The topological polar surface area (TPSA) is 29.5 Å². The van der Waals surface area contributed by atoms with E-state index in [-0.39, 0.29) is 11.7 Å². The molecule has 1 aliphatic rings. The van der Waals surface area contributed by atoms with Crippen LogP contribution in [0.3, 0.4) is 0 Å². The first-order valence-corrected chi connectivity index (χ1v) is 6.04. The number of hydrogen-bond donors (Lipinski definition) is 1. The molecule has 1 fully saturated rings. The van der Waals surface area contributed by atoms with Gasteiger partial charge in [-0.1, -0.05) is 43.2 Å². The van der Waals surface area contributed by atoms with Crippen molar-refractivity contribution in [2.75, 3.05) is 7.11 Å². The van der Waals surface area contributed by atoms with Crippen molar-refractivity contribution in [2.24, 2.45) is 0 Å². The van der Waals surface area contributed by atoms with Gasteiger partial charge in [-0.3, -0.25) is 0 Å². The molecule has 0 radical (unpaired) electrons. The van der Waals surface area contributed by atoms with E-state index < -0.39 is 0 Å². The predicted octanol–water partition coefficient (Wildman–Crippen LogP) is 2.55. The quantitative estimate of drug-likeness (QED) is 0.845. The van der Waals surface area contributed by atoms with Gasteiger partial charge < -0.3 is 9.84 Å². The molecule has 88 valence electrons. The van der Waals surface area contributed by atoms with Crippen LogP contribution in [0.25, 0.3) is 0 Å². The second kappa shape index (κ2) is 4.98. The first-order chi connectivity index (χ1) is 7.77. The smallest absolute Gasteiger partial charge is 0.0939 e. The molecule has 1 atom stereocenters. The number of methoxy groups -OCH3 is 1. The summed E-state index contributed by atoms with van der Waals surface area (Å²) >= 11 is 0. The molecule has 0 saturated heterocycles. The highest BCUT2D eigenvalue weighted by molar-refractivity contribution is 5.16. The van der Waals surface area contributed by atoms with Crippen LogP contribution in [0.4, 0.5) is 0 Å². The Labute approximate surface area is 97.3 Å². The van der Waals surface area contributed by atoms with Gasteiger partial charge in [0.15, 0.2) is 0 Å². The van der Waals surface area contributed by atoms with E-state index in [1.54, 1.807) is 7.11 Å². The zero-order valence-corrected chi connectivity index (χ0v) is 9.86. The SMILES string of the molecule is COC1(C(O)Cc2ccccc2)CCCC1. The molecule has 2 rings (SSSR count). The highest BCUT2D eigenvalue weighted by atomic mass is 16.5. The van der Waals surface area contributed by atoms with Crippen molar-refractivity contribution >= 4 is 0 Å². The zero-order valence-electron chi connectivity index (χ0n) is 9.86. The van der Waals surface area contributed by atoms with Crippen molar-refractivity contribution in [1.82, 2.24) is 0 Å². The lowest BCUT2D eigenvalue weighted by Crippen LogP contribution is -2.42. The van der Waals surface area contributed by atoms with Crippen LogP contribution in [0.15, 0.2) is 30.3 Å². The lowest BCUT2D eigenvalue weighted by atomic mass is 9.90. The van der Waals surface area contributed by atoms with Crippen molar-refractivity contribution in [3.8, 4) is 0 Å². The summed E-state index contributed by atoms with van der Waals surface area (Å²) in [7, 11) is 1.72. The molecule has 1 unspecified atom stereocenters. The van der Waals surface area contributed by atoms with Crippen LogP contribution < -0.4 is 0 Å². The summed E-state index contributed by atoms with van der Waals surface area (Å²) in [6.45, 7) is 0. The maximum Gasteiger partial charge on any atom is 0.0939 e. The maximum absolute atomic E-state index is 10.3. The number of ether oxygens (including phenoxy) is 1. The van der Waals surface area contributed by atoms with Gasteiger partial charge in [0.2, 0.25) is 0 Å². The Kier molecular flexibility index (Phi) is 3.62. The summed E-state index contributed by atoms with van der Waals surface area (Å²) in [6, 6.07) is 10.1. The van der Waals surface area contributed by atoms with E-state index in [0.29, 0.717) is 6.42 Å². The molecule has 2 nitrogen and oxygen atoms in total. The molecule has 1 N–H and O–H groups in total. The van der Waals surface area contributed by atoms with Gasteiger partial charge in [0.05, 0.1) is 11.7 Å². The van der Waals surface area contributed by atoms with E-state index >= 15 is 0 Å². The van der Waals surface area contributed by atoms with Crippen LogP contribution in [0.2, 0.25) is 0 Å². The van der Waals surface area contributed by atoms with Crippen LogP contribution in [0.5, 0.6) is 0 Å². The second-order valence-corrected chi connectivity index (χ2v) is 4.68. The molecule has 0 spiro atoms. The average Bonchev–Trinajstić information content (AvgIpc) is 2.80. The second-order valence-electron chi connectivity index (χ2n) is 4.68. The van der Waals surface area contributed by atoms with Gasteiger partial charge in [-0.05, 0) is 18.4 Å². The Morgan fingerprint density at radius 1 is 1.25 bits per heavy atom. The molecule has 0 bridgehead atoms. The van der Waals surface area contributed by atoms with Crippen LogP contribution in [-0.2, 0) is 11.2 Å². The fourth-order valence-electron chi connectivity index (χ4n) is 2.67. The summed E-state index contributed by atoms with van der Waals surface area (Å²) in [5.74, 6) is 0. The highest BCUT2D eigenvalue weighted by Gasteiger charge is 2.40. The van der Waals surface area contributed by atoms with Crippen LogP contribution in [0, 0.1) is 0 Å². The minimum absolute atomic E-state index is 0.296. The molecular formula is C14H20O2. The lowest BCUT2D eigenvalue weighted by molar-refractivity contribution is -0.0971. The first-order valence-electron chi connectivity index (χ1n) is 6.04. The third kappa shape index (κ3) is 2.28. The Hall–Kier alpha value is -0.860. The Balaban J connectivity index is 2.04. The van der Waals surface area contributed by atoms with Gasteiger partial charge in [0, 0.05) is 13.5 Å². The van der Waals surface area contributed by atoms with Gasteiger partial charge in [-0.15, -0.1) is 0 Å². The Bertz CT molecular complexity index is 315. The first kappa shape index (κ1) is 11.6. The number of aliphatic hydroxyl groups is 1. The summed E-state index contributed by atoms with van der Waals surface area (Å²) in [5, 5.41) is 10.3. The van der Waals surface area contributed by atoms with Gasteiger partial charge in [-0.25, -0.2) is 0 Å². The predicted molar refractivity (Wildman–Crippen MR) is 64.4 cm³/mol. The van der Waals surface area contributed by atoms with Gasteiger partial charge in [-0.2, -0.15) is 0 Å². The summed E-state index contributed by atoms with van der Waals surface area (Å²) in [5.41, 5.74) is 0.883. The molecule has 1 aromatic carbocycles. The van der Waals surface area contributed by atoms with Crippen molar-refractivity contribution in [3.63, 3.8) is 0 Å². The van der Waals surface area contributed by atoms with E-state index in [1.807, 2.05) is 18.2 Å². The summed E-state index contributed by atoms with van der Waals surface area (Å²) in [4.78, 5) is 0. The van der Waals surface area contributed by atoms with Crippen LogP contribution >= 0.6 is 0 Å². The van der Waals surface area contributed by atoms with Crippen molar-refractivity contribution in [3.05, 3.63) is 35.9 Å². The number of benzene rings is 1. The van der Waals surface area contributed by atoms with E-state index in [4.69, 9.17) is 4.74 Å². The summed E-state index contributed by atoms with van der Waals surface area (Å²) < 4.78 is 5.58. The van der Waals surface area contributed by atoms with Gasteiger partial charge in [0.25, 0.3) is 0 Å². The lowest BCUT2D eigenvalue weighted by Gasteiger charge is -2.33. The fourth-order valence-corrected chi connectivity index (χ4v) is 2.67. The molecule has 0 aliphatic heterocycles. The molecule has 0 aromatic heterocycles. The third-order valence-electron chi connectivity index (χ3n) is 3.74. The Morgan fingerprint density at radius 3 is 2.44 bits per heavy atom. The van der Waals surface area contributed by atoms with Crippen molar-refractivity contribution in [2.45, 2.75) is 43.8 Å². The normalized spacial score (nSPS) is 20.9. The zero-order chi connectivity index (χ0) is 11.4. The number of rotatable bonds is 4. The number of aliphatic hydroxyl groups excluding tert-OH is 1. The fraction of sp³-hybridized carbons (Fsp3) is 0.571. The molecule has 16 heavy (non-hydrogen) atoms. The van der Waals surface area contributed by atoms with Crippen LogP contribution in [-0.4, -0.2) is 23.9 Å². The van der Waals surface area contributed by atoms with E-state index in [2.05, 4.69) is 12.1 Å². The van der Waals surface area contributed by atoms with Crippen molar-refractivity contribution in [1.29, 1.82) is 0 Å². The third-order valence-corrected chi connectivity index (χ3v) is 3.74. The minimum atomic E-state index is -0.387. The molecule has 1 saturated carbocycles. The van der Waals surface area contributed by atoms with Gasteiger partial charge in [0.1, 0.15) is 0 Å². The average molecular weight is 220 g/mol. The molecule has 0 heterocycles. The molecular weight excluding hydrogens is 200 g/mol. The molecule has 0 amide bonds. The minimum Gasteiger partial charge on any atom is -0.390 e. The monoisotopic (exact) mass is 220 g/mol. The largest absolute Gasteiger partial charge is 0.390 e. The highest BCUT2D eigenvalue weighted by Crippen LogP contribution is 2.36. The maximum atomic E-state index is 10.3. The molecule has 2 heteroatoms. The molecule has 1 aromatic rings. The van der Waals surface area contributed by atoms with Crippen LogP contribution in [0.1, 0.15) is 31.2 Å². The van der Waals surface area contributed by atoms with E-state index in [9.17, 15) is 5.11 Å².